The molecule has 1 atom stereocenters. The van der Waals surface area contributed by atoms with Gasteiger partial charge in [0.05, 0.1) is 18.5 Å². The maximum Gasteiger partial charge on any atom is 0.131 e. The van der Waals surface area contributed by atoms with Crippen LogP contribution in [0.2, 0.25) is 0 Å². The van der Waals surface area contributed by atoms with Crippen molar-refractivity contribution in [3.8, 4) is 0 Å². The van der Waals surface area contributed by atoms with Crippen molar-refractivity contribution in [2.24, 2.45) is 0 Å². The number of rotatable bonds is 1. The van der Waals surface area contributed by atoms with Crippen LogP contribution in [-0.4, -0.2) is 28.3 Å². The predicted octanol–water partition coefficient (Wildman–Crippen LogP) is 0.475. The number of hydrogen-bond donors (Lipinski definition) is 1. The first-order valence-corrected chi connectivity index (χ1v) is 4.38. The fraction of sp³-hybridized carbons (Fsp3) is 0.556. The highest BCUT2D eigenvalue weighted by Gasteiger charge is 2.33. The van der Waals surface area contributed by atoms with E-state index in [9.17, 15) is 5.11 Å². The molecule has 1 aromatic heterocycles. The molecule has 0 aliphatic carbocycles. The van der Waals surface area contributed by atoms with E-state index in [-0.39, 0.29) is 0 Å². The smallest absolute Gasteiger partial charge is 0.131 e. The average molecular weight is 180 g/mol. The summed E-state index contributed by atoms with van der Waals surface area (Å²) in [7, 11) is 0. The van der Waals surface area contributed by atoms with Gasteiger partial charge in [0, 0.05) is 19.0 Å². The number of aromatic nitrogens is 2. The molecule has 1 unspecified atom stereocenters. The first-order valence-electron chi connectivity index (χ1n) is 4.38. The summed E-state index contributed by atoms with van der Waals surface area (Å²) in [6.45, 7) is 1.05. The van der Waals surface area contributed by atoms with Crippen LogP contribution in [0.25, 0.3) is 0 Å². The zero-order valence-electron chi connectivity index (χ0n) is 7.31. The van der Waals surface area contributed by atoms with Gasteiger partial charge in [0.2, 0.25) is 0 Å². The second kappa shape index (κ2) is 3.40. The van der Waals surface area contributed by atoms with Gasteiger partial charge in [-0.1, -0.05) is 0 Å². The number of nitrogens with zero attached hydrogens (tertiary/aromatic N) is 2. The van der Waals surface area contributed by atoms with Gasteiger partial charge in [-0.2, -0.15) is 0 Å². The van der Waals surface area contributed by atoms with E-state index < -0.39 is 5.60 Å². The lowest BCUT2D eigenvalue weighted by Crippen LogP contribution is -2.36. The number of hydrogen-bond acceptors (Lipinski definition) is 4. The molecular formula is C9H12N2O2. The largest absolute Gasteiger partial charge is 0.381 e. The van der Waals surface area contributed by atoms with E-state index in [1.54, 1.807) is 18.6 Å². The predicted molar refractivity (Wildman–Crippen MR) is 46.0 cm³/mol. The third-order valence-corrected chi connectivity index (χ3v) is 2.26. The molecule has 13 heavy (non-hydrogen) atoms. The van der Waals surface area contributed by atoms with E-state index in [1.165, 1.54) is 0 Å². The minimum absolute atomic E-state index is 0.325. The van der Waals surface area contributed by atoms with Crippen molar-refractivity contribution in [3.63, 3.8) is 0 Å². The van der Waals surface area contributed by atoms with E-state index >= 15 is 0 Å². The Bertz CT molecular complexity index is 270. The molecule has 1 fully saturated rings. The van der Waals surface area contributed by atoms with E-state index in [0.29, 0.717) is 18.7 Å². The number of aliphatic hydroxyl groups is 1. The summed E-state index contributed by atoms with van der Waals surface area (Å²) >= 11 is 0. The number of ether oxygens (including phenoxy) is 1. The first-order chi connectivity index (χ1) is 6.31. The summed E-state index contributed by atoms with van der Waals surface area (Å²) in [5.41, 5.74) is -0.318. The molecule has 1 N–H and O–H groups in total. The Morgan fingerprint density at radius 3 is 3.00 bits per heavy atom. The minimum Gasteiger partial charge on any atom is -0.381 e. The molecule has 0 bridgehead atoms. The van der Waals surface area contributed by atoms with Crippen LogP contribution in [0, 0.1) is 0 Å². The molecular weight excluding hydrogens is 168 g/mol. The SMILES string of the molecule is OC1(c2cnccn2)CCCOC1. The highest BCUT2D eigenvalue weighted by Crippen LogP contribution is 2.27. The highest BCUT2D eigenvalue weighted by atomic mass is 16.5. The molecule has 0 radical (unpaired) electrons. The normalized spacial score (nSPS) is 28.7. The Hall–Kier alpha value is -1.00. The summed E-state index contributed by atoms with van der Waals surface area (Å²) in [5.74, 6) is 0. The van der Waals surface area contributed by atoms with Crippen molar-refractivity contribution in [1.29, 1.82) is 0 Å². The second-order valence-electron chi connectivity index (χ2n) is 3.28. The molecule has 0 amide bonds. The topological polar surface area (TPSA) is 55.2 Å². The summed E-state index contributed by atoms with van der Waals surface area (Å²) in [5, 5.41) is 10.1. The molecule has 0 aromatic carbocycles. The standard InChI is InChI=1S/C9H12N2O2/c12-9(2-1-5-13-7-9)8-6-10-3-4-11-8/h3-4,6,12H,1-2,5,7H2. The van der Waals surface area contributed by atoms with Gasteiger partial charge >= 0.3 is 0 Å². The second-order valence-corrected chi connectivity index (χ2v) is 3.28. The van der Waals surface area contributed by atoms with Gasteiger partial charge in [-0.25, -0.2) is 0 Å². The van der Waals surface area contributed by atoms with E-state index in [0.717, 1.165) is 13.0 Å². The summed E-state index contributed by atoms with van der Waals surface area (Å²) in [4.78, 5) is 8.01. The monoisotopic (exact) mass is 180 g/mol. The highest BCUT2D eigenvalue weighted by molar-refractivity contribution is 5.08. The maximum absolute atomic E-state index is 10.1. The van der Waals surface area contributed by atoms with Crippen LogP contribution in [0.3, 0.4) is 0 Å². The van der Waals surface area contributed by atoms with Gasteiger partial charge in [-0.15, -0.1) is 0 Å². The molecule has 0 saturated carbocycles. The Morgan fingerprint density at radius 2 is 2.38 bits per heavy atom. The first kappa shape index (κ1) is 8.59. The van der Waals surface area contributed by atoms with Crippen LogP contribution in [0.5, 0.6) is 0 Å². The third-order valence-electron chi connectivity index (χ3n) is 2.26. The molecule has 4 heteroatoms. The molecule has 1 saturated heterocycles. The van der Waals surface area contributed by atoms with Gasteiger partial charge in [0.25, 0.3) is 0 Å². The van der Waals surface area contributed by atoms with Crippen LogP contribution >= 0.6 is 0 Å². The lowest BCUT2D eigenvalue weighted by Gasteiger charge is -2.30. The van der Waals surface area contributed by atoms with Crippen LogP contribution in [-0.2, 0) is 10.3 Å². The van der Waals surface area contributed by atoms with E-state index in [4.69, 9.17) is 4.74 Å². The molecule has 0 spiro atoms. The summed E-state index contributed by atoms with van der Waals surface area (Å²) < 4.78 is 5.22. The molecule has 1 aliphatic rings. The van der Waals surface area contributed by atoms with Crippen molar-refractivity contribution in [2.75, 3.05) is 13.2 Å². The molecule has 2 heterocycles. The van der Waals surface area contributed by atoms with Crippen molar-refractivity contribution >= 4 is 0 Å². The fourth-order valence-corrected chi connectivity index (χ4v) is 1.52. The van der Waals surface area contributed by atoms with Gasteiger partial charge < -0.3 is 9.84 Å². The quantitative estimate of drug-likeness (QED) is 0.682. The third kappa shape index (κ3) is 1.68. The molecule has 2 rings (SSSR count). The van der Waals surface area contributed by atoms with Crippen molar-refractivity contribution in [2.45, 2.75) is 18.4 Å². The molecule has 70 valence electrons. The maximum atomic E-state index is 10.1. The Morgan fingerprint density at radius 1 is 1.46 bits per heavy atom. The molecule has 1 aromatic rings. The van der Waals surface area contributed by atoms with E-state index in [2.05, 4.69) is 9.97 Å². The molecule has 1 aliphatic heterocycles. The zero-order chi connectivity index (χ0) is 9.15. The van der Waals surface area contributed by atoms with Gasteiger partial charge in [0.15, 0.2) is 0 Å². The average Bonchev–Trinajstić information content (AvgIpc) is 2.20. The van der Waals surface area contributed by atoms with Crippen LogP contribution < -0.4 is 0 Å². The summed E-state index contributed by atoms with van der Waals surface area (Å²) in [6, 6.07) is 0. The van der Waals surface area contributed by atoms with Crippen LogP contribution in [0.4, 0.5) is 0 Å². The lowest BCUT2D eigenvalue weighted by molar-refractivity contribution is -0.0930. The van der Waals surface area contributed by atoms with Gasteiger partial charge in [-0.3, -0.25) is 9.97 Å². The summed E-state index contributed by atoms with van der Waals surface area (Å²) in [6.07, 6.45) is 6.34. The Kier molecular flexibility index (Phi) is 2.24. The lowest BCUT2D eigenvalue weighted by atomic mass is 9.93. The van der Waals surface area contributed by atoms with Gasteiger partial charge in [-0.05, 0) is 12.8 Å². The minimum atomic E-state index is -0.924. The van der Waals surface area contributed by atoms with Crippen molar-refractivity contribution < 1.29 is 9.84 Å². The van der Waals surface area contributed by atoms with Crippen LogP contribution in [0.1, 0.15) is 18.5 Å². The Labute approximate surface area is 76.6 Å². The fourth-order valence-electron chi connectivity index (χ4n) is 1.52. The Balaban J connectivity index is 2.23. The molecule has 4 nitrogen and oxygen atoms in total. The van der Waals surface area contributed by atoms with Gasteiger partial charge in [0.1, 0.15) is 5.60 Å². The zero-order valence-corrected chi connectivity index (χ0v) is 7.31. The van der Waals surface area contributed by atoms with Crippen molar-refractivity contribution in [1.82, 2.24) is 9.97 Å². The van der Waals surface area contributed by atoms with E-state index in [1.807, 2.05) is 0 Å². The van der Waals surface area contributed by atoms with Crippen molar-refractivity contribution in [3.05, 3.63) is 24.3 Å². The van der Waals surface area contributed by atoms with Crippen LogP contribution in [0.15, 0.2) is 18.6 Å².